The molecule has 0 aromatic heterocycles. The first-order valence-corrected chi connectivity index (χ1v) is 4.84. The van der Waals surface area contributed by atoms with Gasteiger partial charge in [-0.2, -0.15) is 0 Å². The Bertz CT molecular complexity index is 250. The molecular weight excluding hydrogens is 144 g/mol. The van der Waals surface area contributed by atoms with Crippen LogP contribution in [-0.4, -0.2) is 0 Å². The minimum absolute atomic E-state index is 0.765. The molecule has 1 saturated carbocycles. The fraction of sp³-hybridized carbons (Fsp3) is 0.500. The van der Waals surface area contributed by atoms with E-state index in [4.69, 9.17) is 0 Å². The van der Waals surface area contributed by atoms with Crippen molar-refractivity contribution in [1.82, 2.24) is 0 Å². The molecule has 1 aromatic carbocycles. The van der Waals surface area contributed by atoms with E-state index < -0.39 is 0 Å². The lowest BCUT2D eigenvalue weighted by atomic mass is 9.95. The van der Waals surface area contributed by atoms with Crippen molar-refractivity contribution in [1.29, 1.82) is 0 Å². The Morgan fingerprint density at radius 2 is 1.83 bits per heavy atom. The zero-order chi connectivity index (χ0) is 8.55. The first-order chi connectivity index (χ1) is 5.79. The van der Waals surface area contributed by atoms with Gasteiger partial charge >= 0.3 is 0 Å². The van der Waals surface area contributed by atoms with Gasteiger partial charge in [0.05, 0.1) is 0 Å². The molecule has 1 aromatic rings. The van der Waals surface area contributed by atoms with Crippen LogP contribution in [-0.2, 0) is 0 Å². The van der Waals surface area contributed by atoms with Crippen molar-refractivity contribution < 1.29 is 0 Å². The van der Waals surface area contributed by atoms with Gasteiger partial charge < -0.3 is 0 Å². The monoisotopic (exact) mass is 160 g/mol. The van der Waals surface area contributed by atoms with E-state index in [2.05, 4.69) is 44.2 Å². The Morgan fingerprint density at radius 3 is 2.33 bits per heavy atom. The molecule has 3 atom stereocenters. The average Bonchev–Trinajstić information content (AvgIpc) is 2.83. The van der Waals surface area contributed by atoms with E-state index in [9.17, 15) is 0 Å². The highest BCUT2D eigenvalue weighted by Gasteiger charge is 2.37. The zero-order valence-corrected chi connectivity index (χ0v) is 7.83. The molecule has 12 heavy (non-hydrogen) atoms. The van der Waals surface area contributed by atoms with Crippen LogP contribution in [0, 0.1) is 11.8 Å². The highest BCUT2D eigenvalue weighted by molar-refractivity contribution is 5.21. The van der Waals surface area contributed by atoms with Crippen LogP contribution < -0.4 is 0 Å². The summed E-state index contributed by atoms with van der Waals surface area (Å²) in [5, 5.41) is 0. The third-order valence-electron chi connectivity index (χ3n) is 3.14. The maximum absolute atomic E-state index is 2.35. The van der Waals surface area contributed by atoms with Crippen molar-refractivity contribution in [3.8, 4) is 0 Å². The van der Waals surface area contributed by atoms with Crippen LogP contribution in [0.25, 0.3) is 0 Å². The normalized spacial score (nSPS) is 29.8. The van der Waals surface area contributed by atoms with Gasteiger partial charge in [0.15, 0.2) is 0 Å². The standard InChI is InChI=1S/C12H16/c1-9-8-12(9)10(2)11-6-4-3-5-7-11/h3-7,9-10,12H,8H2,1-2H3/t9-,10?,12-/m0/s1. The van der Waals surface area contributed by atoms with Crippen molar-refractivity contribution in [2.45, 2.75) is 26.2 Å². The second-order valence-corrected chi connectivity index (χ2v) is 4.08. The van der Waals surface area contributed by atoms with E-state index in [0.29, 0.717) is 0 Å². The number of hydrogen-bond acceptors (Lipinski definition) is 0. The van der Waals surface area contributed by atoms with E-state index in [1.54, 1.807) is 0 Å². The highest BCUT2D eigenvalue weighted by atomic mass is 14.4. The summed E-state index contributed by atoms with van der Waals surface area (Å²) >= 11 is 0. The Labute approximate surface area is 74.6 Å². The van der Waals surface area contributed by atoms with E-state index in [1.165, 1.54) is 12.0 Å². The first-order valence-electron chi connectivity index (χ1n) is 4.84. The van der Waals surface area contributed by atoms with E-state index in [1.807, 2.05) is 0 Å². The molecule has 0 N–H and O–H groups in total. The minimum atomic E-state index is 0.765. The molecular formula is C12H16. The molecule has 0 nitrogen and oxygen atoms in total. The summed E-state index contributed by atoms with van der Waals surface area (Å²) in [7, 11) is 0. The molecule has 0 spiro atoms. The van der Waals surface area contributed by atoms with Gasteiger partial charge in [-0.05, 0) is 29.7 Å². The summed E-state index contributed by atoms with van der Waals surface area (Å²) in [5.41, 5.74) is 1.51. The summed E-state index contributed by atoms with van der Waals surface area (Å²) in [6, 6.07) is 10.9. The number of hydrogen-bond donors (Lipinski definition) is 0. The topological polar surface area (TPSA) is 0 Å². The summed E-state index contributed by atoms with van der Waals surface area (Å²) in [6.45, 7) is 4.70. The molecule has 1 aliphatic carbocycles. The molecule has 1 unspecified atom stereocenters. The van der Waals surface area contributed by atoms with E-state index in [0.717, 1.165) is 17.8 Å². The van der Waals surface area contributed by atoms with Gasteiger partial charge in [0.1, 0.15) is 0 Å². The van der Waals surface area contributed by atoms with Crippen LogP contribution in [0.3, 0.4) is 0 Å². The van der Waals surface area contributed by atoms with Crippen LogP contribution in [0.2, 0.25) is 0 Å². The molecule has 0 heterocycles. The largest absolute Gasteiger partial charge is 0.0622 e. The molecule has 1 aliphatic rings. The summed E-state index contributed by atoms with van der Waals surface area (Å²) < 4.78 is 0. The second-order valence-electron chi connectivity index (χ2n) is 4.08. The maximum atomic E-state index is 2.35. The van der Waals surface area contributed by atoms with Crippen LogP contribution >= 0.6 is 0 Å². The van der Waals surface area contributed by atoms with Gasteiger partial charge in [0.2, 0.25) is 0 Å². The lowest BCUT2D eigenvalue weighted by molar-refractivity contribution is 0.619. The Hall–Kier alpha value is -0.780. The van der Waals surface area contributed by atoms with Gasteiger partial charge in [-0.15, -0.1) is 0 Å². The van der Waals surface area contributed by atoms with Crippen molar-refractivity contribution in [2.75, 3.05) is 0 Å². The Balaban J connectivity index is 2.10. The lowest BCUT2D eigenvalue weighted by Gasteiger charge is -2.09. The summed E-state index contributed by atoms with van der Waals surface area (Å²) in [5.74, 6) is 2.67. The predicted molar refractivity (Wildman–Crippen MR) is 52.1 cm³/mol. The molecule has 0 saturated heterocycles. The number of benzene rings is 1. The summed E-state index contributed by atoms with van der Waals surface area (Å²) in [6.07, 6.45) is 1.43. The number of rotatable bonds is 2. The smallest absolute Gasteiger partial charge is 0.0159 e. The molecule has 0 amide bonds. The van der Waals surface area contributed by atoms with Crippen molar-refractivity contribution in [2.24, 2.45) is 11.8 Å². The van der Waals surface area contributed by atoms with Gasteiger partial charge in [0.25, 0.3) is 0 Å². The Morgan fingerprint density at radius 1 is 1.25 bits per heavy atom. The minimum Gasteiger partial charge on any atom is -0.0622 e. The fourth-order valence-electron chi connectivity index (χ4n) is 2.05. The summed E-state index contributed by atoms with van der Waals surface area (Å²) in [4.78, 5) is 0. The molecule has 1 fully saturated rings. The van der Waals surface area contributed by atoms with Gasteiger partial charge in [0, 0.05) is 0 Å². The van der Waals surface area contributed by atoms with Gasteiger partial charge in [-0.1, -0.05) is 44.2 Å². The van der Waals surface area contributed by atoms with Crippen LogP contribution in [0.15, 0.2) is 30.3 Å². The highest BCUT2D eigenvalue weighted by Crippen LogP contribution is 2.47. The average molecular weight is 160 g/mol. The molecule has 0 aliphatic heterocycles. The zero-order valence-electron chi connectivity index (χ0n) is 7.83. The fourth-order valence-corrected chi connectivity index (χ4v) is 2.05. The van der Waals surface area contributed by atoms with Crippen molar-refractivity contribution in [3.05, 3.63) is 35.9 Å². The predicted octanol–water partition coefficient (Wildman–Crippen LogP) is 3.45. The van der Waals surface area contributed by atoms with E-state index in [-0.39, 0.29) is 0 Å². The second kappa shape index (κ2) is 2.93. The van der Waals surface area contributed by atoms with Crippen molar-refractivity contribution in [3.63, 3.8) is 0 Å². The lowest BCUT2D eigenvalue weighted by Crippen LogP contribution is -1.96. The van der Waals surface area contributed by atoms with Gasteiger partial charge in [-0.25, -0.2) is 0 Å². The SMILES string of the molecule is CC(c1ccccc1)[C@H]1C[C@@H]1C. The molecule has 2 rings (SSSR count). The molecule has 0 bridgehead atoms. The van der Waals surface area contributed by atoms with Gasteiger partial charge in [-0.3, -0.25) is 0 Å². The van der Waals surface area contributed by atoms with Crippen molar-refractivity contribution >= 4 is 0 Å². The maximum Gasteiger partial charge on any atom is -0.0159 e. The van der Waals surface area contributed by atoms with Crippen LogP contribution in [0.4, 0.5) is 0 Å². The molecule has 0 heteroatoms. The van der Waals surface area contributed by atoms with E-state index >= 15 is 0 Å². The molecule has 0 radical (unpaired) electrons. The first kappa shape index (κ1) is 7.85. The third-order valence-corrected chi connectivity index (χ3v) is 3.14. The van der Waals surface area contributed by atoms with Crippen LogP contribution in [0.1, 0.15) is 31.7 Å². The Kier molecular flexibility index (Phi) is 1.92. The molecule has 64 valence electrons. The quantitative estimate of drug-likeness (QED) is 0.621. The third kappa shape index (κ3) is 1.38. The van der Waals surface area contributed by atoms with Crippen LogP contribution in [0.5, 0.6) is 0 Å².